The summed E-state index contributed by atoms with van der Waals surface area (Å²) in [6.07, 6.45) is 1.67. The van der Waals surface area contributed by atoms with Gasteiger partial charge in [-0.15, -0.1) is 0 Å². The predicted octanol–water partition coefficient (Wildman–Crippen LogP) is -1.51. The Morgan fingerprint density at radius 3 is 3.13 bits per heavy atom. The molecule has 6 heteroatoms. The largest absolute Gasteiger partial charge is 0.355 e. The lowest BCUT2D eigenvalue weighted by molar-refractivity contribution is -0.125. The summed E-state index contributed by atoms with van der Waals surface area (Å²) >= 11 is 0. The van der Waals surface area contributed by atoms with Crippen LogP contribution in [-0.4, -0.2) is 37.5 Å². The smallest absolute Gasteiger partial charge is 0.237 e. The van der Waals surface area contributed by atoms with Gasteiger partial charge in [-0.3, -0.25) is 14.9 Å². The van der Waals surface area contributed by atoms with Gasteiger partial charge in [0, 0.05) is 6.54 Å². The second-order valence-electron chi connectivity index (χ2n) is 3.30. The molecule has 0 aliphatic carbocycles. The van der Waals surface area contributed by atoms with Crippen LogP contribution in [0.2, 0.25) is 0 Å². The van der Waals surface area contributed by atoms with Crippen LogP contribution in [0.4, 0.5) is 0 Å². The van der Waals surface area contributed by atoms with E-state index in [-0.39, 0.29) is 30.9 Å². The highest BCUT2D eigenvalue weighted by Gasteiger charge is 2.21. The van der Waals surface area contributed by atoms with E-state index >= 15 is 0 Å². The van der Waals surface area contributed by atoms with E-state index in [9.17, 15) is 9.59 Å². The summed E-state index contributed by atoms with van der Waals surface area (Å²) in [6.45, 7) is 0.773. The molecule has 1 fully saturated rings. The number of rotatable bonds is 4. The molecule has 1 atom stereocenters. The van der Waals surface area contributed by atoms with Gasteiger partial charge in [0.2, 0.25) is 11.8 Å². The van der Waals surface area contributed by atoms with E-state index in [1.165, 1.54) is 0 Å². The fourth-order valence-corrected chi connectivity index (χ4v) is 1.38. The summed E-state index contributed by atoms with van der Waals surface area (Å²) in [7, 11) is 0. The van der Waals surface area contributed by atoms with Crippen molar-refractivity contribution in [2.75, 3.05) is 19.6 Å². The van der Waals surface area contributed by atoms with E-state index in [4.69, 9.17) is 5.26 Å². The van der Waals surface area contributed by atoms with E-state index in [2.05, 4.69) is 16.0 Å². The van der Waals surface area contributed by atoms with Crippen LogP contribution in [0.15, 0.2) is 0 Å². The van der Waals surface area contributed by atoms with Crippen molar-refractivity contribution in [1.82, 2.24) is 16.0 Å². The van der Waals surface area contributed by atoms with Crippen molar-refractivity contribution in [3.8, 4) is 6.07 Å². The van der Waals surface area contributed by atoms with Crippen LogP contribution in [0.5, 0.6) is 0 Å². The van der Waals surface area contributed by atoms with Crippen LogP contribution >= 0.6 is 0 Å². The highest BCUT2D eigenvalue weighted by atomic mass is 16.2. The molecule has 3 N–H and O–H groups in total. The monoisotopic (exact) mass is 210 g/mol. The molecule has 0 aromatic rings. The standard InChI is InChI=1S/C9H14N4O2/c10-3-5-11-8(14)6-13-7-2-1-4-12-9(7)15/h7,13H,1-2,4-6H2,(H,11,14)(H,12,15). The Morgan fingerprint density at radius 1 is 1.67 bits per heavy atom. The van der Waals surface area contributed by atoms with Crippen molar-refractivity contribution in [2.24, 2.45) is 0 Å². The zero-order chi connectivity index (χ0) is 11.1. The molecule has 1 aliphatic heterocycles. The van der Waals surface area contributed by atoms with Crippen molar-refractivity contribution in [3.63, 3.8) is 0 Å². The number of hydrogen-bond donors (Lipinski definition) is 3. The van der Waals surface area contributed by atoms with Gasteiger partial charge in [0.05, 0.1) is 18.7 Å². The number of nitrogens with one attached hydrogen (secondary N) is 3. The van der Waals surface area contributed by atoms with Crippen LogP contribution < -0.4 is 16.0 Å². The Kier molecular flexibility index (Phi) is 4.57. The molecule has 2 amide bonds. The van der Waals surface area contributed by atoms with Crippen LogP contribution in [0.1, 0.15) is 12.8 Å². The van der Waals surface area contributed by atoms with Crippen LogP contribution in [0.3, 0.4) is 0 Å². The lowest BCUT2D eigenvalue weighted by Crippen LogP contribution is -2.50. The molecule has 1 heterocycles. The normalized spacial score (nSPS) is 20.2. The fourth-order valence-electron chi connectivity index (χ4n) is 1.38. The first kappa shape index (κ1) is 11.5. The third-order valence-electron chi connectivity index (χ3n) is 2.16. The maximum absolute atomic E-state index is 11.3. The Morgan fingerprint density at radius 2 is 2.47 bits per heavy atom. The molecule has 0 saturated carbocycles. The Bertz CT molecular complexity index is 284. The molecule has 15 heavy (non-hydrogen) atoms. The second-order valence-corrected chi connectivity index (χ2v) is 3.30. The molecular weight excluding hydrogens is 196 g/mol. The molecule has 0 radical (unpaired) electrons. The minimum absolute atomic E-state index is 0.00260. The van der Waals surface area contributed by atoms with Gasteiger partial charge in [0.15, 0.2) is 0 Å². The number of amides is 2. The number of piperidine rings is 1. The first-order chi connectivity index (χ1) is 7.24. The topological polar surface area (TPSA) is 94.0 Å². The predicted molar refractivity (Wildman–Crippen MR) is 52.7 cm³/mol. The molecule has 1 unspecified atom stereocenters. The minimum atomic E-state index is -0.286. The lowest BCUT2D eigenvalue weighted by Gasteiger charge is -2.22. The second kappa shape index (κ2) is 5.98. The summed E-state index contributed by atoms with van der Waals surface area (Å²) in [6, 6.07) is 1.52. The Labute approximate surface area is 88.0 Å². The van der Waals surface area contributed by atoms with Crippen molar-refractivity contribution in [3.05, 3.63) is 0 Å². The van der Waals surface area contributed by atoms with Gasteiger partial charge in [-0.25, -0.2) is 0 Å². The Balaban J connectivity index is 2.21. The van der Waals surface area contributed by atoms with Gasteiger partial charge in [-0.05, 0) is 12.8 Å². The number of carbonyl (C=O) groups is 2. The van der Waals surface area contributed by atoms with Crippen LogP contribution in [-0.2, 0) is 9.59 Å². The zero-order valence-corrected chi connectivity index (χ0v) is 8.38. The number of carbonyl (C=O) groups excluding carboxylic acids is 2. The van der Waals surface area contributed by atoms with Crippen molar-refractivity contribution in [2.45, 2.75) is 18.9 Å². The number of nitriles is 1. The Hall–Kier alpha value is -1.61. The number of hydrogen-bond acceptors (Lipinski definition) is 4. The van der Waals surface area contributed by atoms with Gasteiger partial charge in [-0.2, -0.15) is 5.26 Å². The van der Waals surface area contributed by atoms with E-state index in [1.54, 1.807) is 6.07 Å². The summed E-state index contributed by atoms with van der Waals surface area (Å²) in [5.41, 5.74) is 0. The fraction of sp³-hybridized carbons (Fsp3) is 0.667. The summed E-state index contributed by atoms with van der Waals surface area (Å²) in [5.74, 6) is -0.329. The molecule has 82 valence electrons. The van der Waals surface area contributed by atoms with E-state index in [0.29, 0.717) is 6.54 Å². The molecule has 1 saturated heterocycles. The first-order valence-corrected chi connectivity index (χ1v) is 4.89. The minimum Gasteiger partial charge on any atom is -0.355 e. The maximum Gasteiger partial charge on any atom is 0.237 e. The third kappa shape index (κ3) is 3.95. The molecular formula is C9H14N4O2. The van der Waals surface area contributed by atoms with Gasteiger partial charge >= 0.3 is 0 Å². The van der Waals surface area contributed by atoms with Crippen LogP contribution in [0.25, 0.3) is 0 Å². The van der Waals surface area contributed by atoms with Gasteiger partial charge in [-0.1, -0.05) is 0 Å². The van der Waals surface area contributed by atoms with Gasteiger partial charge < -0.3 is 10.6 Å². The number of nitrogens with zero attached hydrogens (tertiary/aromatic N) is 1. The van der Waals surface area contributed by atoms with Crippen molar-refractivity contribution in [1.29, 1.82) is 5.26 Å². The zero-order valence-electron chi connectivity index (χ0n) is 8.38. The SMILES string of the molecule is N#CCNC(=O)CNC1CCCNC1=O. The van der Waals surface area contributed by atoms with Crippen molar-refractivity contribution < 1.29 is 9.59 Å². The third-order valence-corrected chi connectivity index (χ3v) is 2.16. The molecule has 0 aromatic heterocycles. The van der Waals surface area contributed by atoms with Gasteiger partial charge in [0.1, 0.15) is 6.54 Å². The average molecular weight is 210 g/mol. The molecule has 0 aromatic carbocycles. The summed E-state index contributed by atoms with van der Waals surface area (Å²) in [4.78, 5) is 22.4. The molecule has 6 nitrogen and oxygen atoms in total. The average Bonchev–Trinajstić information content (AvgIpc) is 2.25. The van der Waals surface area contributed by atoms with E-state index < -0.39 is 0 Å². The van der Waals surface area contributed by atoms with Crippen LogP contribution in [0, 0.1) is 11.3 Å². The summed E-state index contributed by atoms with van der Waals surface area (Å²) < 4.78 is 0. The van der Waals surface area contributed by atoms with Crippen molar-refractivity contribution >= 4 is 11.8 Å². The summed E-state index contributed by atoms with van der Waals surface area (Å²) in [5, 5.41) is 16.2. The first-order valence-electron chi connectivity index (χ1n) is 4.89. The molecule has 0 spiro atoms. The molecule has 1 rings (SSSR count). The molecule has 0 bridgehead atoms. The maximum atomic E-state index is 11.3. The highest BCUT2D eigenvalue weighted by Crippen LogP contribution is 2.01. The molecule has 1 aliphatic rings. The quantitative estimate of drug-likeness (QED) is 0.492. The lowest BCUT2D eigenvalue weighted by atomic mass is 10.1. The van der Waals surface area contributed by atoms with E-state index in [0.717, 1.165) is 12.8 Å². The van der Waals surface area contributed by atoms with Gasteiger partial charge in [0.25, 0.3) is 0 Å². The van der Waals surface area contributed by atoms with E-state index in [1.807, 2.05) is 0 Å². The highest BCUT2D eigenvalue weighted by molar-refractivity contribution is 5.84.